The highest BCUT2D eigenvalue weighted by molar-refractivity contribution is 5.66. The predicted octanol–water partition coefficient (Wildman–Crippen LogP) is 3.24. The van der Waals surface area contributed by atoms with E-state index in [1.807, 2.05) is 25.2 Å². The minimum Gasteiger partial charge on any atom is -0.370 e. The Hall–Kier alpha value is -2.10. The molecule has 4 nitrogen and oxygen atoms in total. The third-order valence-electron chi connectivity index (χ3n) is 3.08. The molecule has 1 N–H and O–H groups in total. The van der Waals surface area contributed by atoms with Gasteiger partial charge < -0.3 is 10.2 Å². The molecule has 0 fully saturated rings. The molecule has 0 unspecified atom stereocenters. The number of nitrogens with zero attached hydrogens (tertiary/aromatic N) is 3. The normalized spacial score (nSPS) is 10.3. The standard InChI is InChI=1S/C15H20N4/c1-4-13-14(16-5-2)17-11-18-15(13)19(3)12-9-7-6-8-10-12/h6-11H,4-5H2,1-3H3,(H,16,17,18). The molecule has 0 atom stereocenters. The second kappa shape index (κ2) is 6.18. The highest BCUT2D eigenvalue weighted by atomic mass is 15.2. The van der Waals surface area contributed by atoms with Gasteiger partial charge in [0.05, 0.1) is 0 Å². The number of nitrogens with one attached hydrogen (secondary N) is 1. The number of anilines is 3. The Morgan fingerprint density at radius 2 is 1.84 bits per heavy atom. The quantitative estimate of drug-likeness (QED) is 0.891. The molecule has 2 rings (SSSR count). The highest BCUT2D eigenvalue weighted by Crippen LogP contribution is 2.28. The minimum absolute atomic E-state index is 0.860. The van der Waals surface area contributed by atoms with E-state index in [2.05, 4.69) is 46.2 Å². The van der Waals surface area contributed by atoms with Crippen molar-refractivity contribution in [1.82, 2.24) is 9.97 Å². The molecule has 0 radical (unpaired) electrons. The molecule has 0 amide bonds. The first-order chi connectivity index (χ1) is 9.27. The summed E-state index contributed by atoms with van der Waals surface area (Å²) in [5.74, 6) is 1.89. The van der Waals surface area contributed by atoms with Crippen molar-refractivity contribution in [3.63, 3.8) is 0 Å². The molecule has 0 aliphatic rings. The third kappa shape index (κ3) is 2.84. The molecule has 1 heterocycles. The molecule has 19 heavy (non-hydrogen) atoms. The second-order valence-electron chi connectivity index (χ2n) is 4.30. The number of para-hydroxylation sites is 1. The lowest BCUT2D eigenvalue weighted by molar-refractivity contribution is 0.989. The van der Waals surface area contributed by atoms with Crippen LogP contribution in [0.25, 0.3) is 0 Å². The molecule has 0 spiro atoms. The van der Waals surface area contributed by atoms with Gasteiger partial charge in [0.25, 0.3) is 0 Å². The summed E-state index contributed by atoms with van der Waals surface area (Å²) in [6, 6.07) is 10.2. The Morgan fingerprint density at radius 1 is 1.11 bits per heavy atom. The SMILES string of the molecule is CCNc1ncnc(N(C)c2ccccc2)c1CC. The van der Waals surface area contributed by atoms with Gasteiger partial charge in [0.2, 0.25) is 0 Å². The molecule has 0 saturated carbocycles. The van der Waals surface area contributed by atoms with E-state index in [1.54, 1.807) is 6.33 Å². The van der Waals surface area contributed by atoms with Gasteiger partial charge in [-0.15, -0.1) is 0 Å². The van der Waals surface area contributed by atoms with Gasteiger partial charge in [-0.2, -0.15) is 0 Å². The lowest BCUT2D eigenvalue weighted by Gasteiger charge is -2.22. The summed E-state index contributed by atoms with van der Waals surface area (Å²) in [6.45, 7) is 5.06. The highest BCUT2D eigenvalue weighted by Gasteiger charge is 2.13. The molecule has 1 aromatic heterocycles. The topological polar surface area (TPSA) is 41.1 Å². The van der Waals surface area contributed by atoms with Gasteiger partial charge >= 0.3 is 0 Å². The smallest absolute Gasteiger partial charge is 0.141 e. The predicted molar refractivity (Wildman–Crippen MR) is 80.1 cm³/mol. The van der Waals surface area contributed by atoms with Crippen molar-refractivity contribution in [3.05, 3.63) is 42.2 Å². The zero-order valence-corrected chi connectivity index (χ0v) is 11.7. The van der Waals surface area contributed by atoms with Crippen LogP contribution in [0.4, 0.5) is 17.3 Å². The largest absolute Gasteiger partial charge is 0.370 e. The molecule has 1 aromatic carbocycles. The van der Waals surface area contributed by atoms with Gasteiger partial charge in [-0.25, -0.2) is 9.97 Å². The van der Waals surface area contributed by atoms with Crippen LogP contribution >= 0.6 is 0 Å². The van der Waals surface area contributed by atoms with E-state index >= 15 is 0 Å². The Labute approximate surface area is 114 Å². The number of aromatic nitrogens is 2. The summed E-state index contributed by atoms with van der Waals surface area (Å²) in [5.41, 5.74) is 2.27. The van der Waals surface area contributed by atoms with Gasteiger partial charge in [-0.3, -0.25) is 0 Å². The zero-order chi connectivity index (χ0) is 13.7. The Morgan fingerprint density at radius 3 is 2.47 bits per heavy atom. The lowest BCUT2D eigenvalue weighted by Crippen LogP contribution is -2.15. The van der Waals surface area contributed by atoms with Crippen molar-refractivity contribution in [2.24, 2.45) is 0 Å². The van der Waals surface area contributed by atoms with Gasteiger partial charge in [0.1, 0.15) is 18.0 Å². The van der Waals surface area contributed by atoms with Crippen molar-refractivity contribution in [1.29, 1.82) is 0 Å². The minimum atomic E-state index is 0.860. The summed E-state index contributed by atoms with van der Waals surface area (Å²) in [6.07, 6.45) is 2.52. The zero-order valence-electron chi connectivity index (χ0n) is 11.7. The molecular weight excluding hydrogens is 236 g/mol. The first-order valence-electron chi connectivity index (χ1n) is 6.64. The molecule has 4 heteroatoms. The number of benzene rings is 1. The summed E-state index contributed by atoms with van der Waals surface area (Å²) in [7, 11) is 2.03. The van der Waals surface area contributed by atoms with E-state index in [-0.39, 0.29) is 0 Å². The fraction of sp³-hybridized carbons (Fsp3) is 0.333. The van der Waals surface area contributed by atoms with Gasteiger partial charge in [0.15, 0.2) is 0 Å². The maximum Gasteiger partial charge on any atom is 0.141 e. The average molecular weight is 256 g/mol. The fourth-order valence-electron chi connectivity index (χ4n) is 2.11. The van der Waals surface area contributed by atoms with Crippen LogP contribution < -0.4 is 10.2 Å². The summed E-state index contributed by atoms with van der Waals surface area (Å²) >= 11 is 0. The van der Waals surface area contributed by atoms with Crippen LogP contribution in [0.2, 0.25) is 0 Å². The number of rotatable bonds is 5. The van der Waals surface area contributed by atoms with Crippen LogP contribution in [0.15, 0.2) is 36.7 Å². The van der Waals surface area contributed by atoms with Crippen LogP contribution in [0.1, 0.15) is 19.4 Å². The Balaban J connectivity index is 2.41. The molecule has 2 aromatic rings. The van der Waals surface area contributed by atoms with E-state index in [1.165, 1.54) is 0 Å². The third-order valence-corrected chi connectivity index (χ3v) is 3.08. The van der Waals surface area contributed by atoms with Crippen molar-refractivity contribution >= 4 is 17.3 Å². The van der Waals surface area contributed by atoms with Crippen LogP contribution in [0.3, 0.4) is 0 Å². The number of hydrogen-bond acceptors (Lipinski definition) is 4. The lowest BCUT2D eigenvalue weighted by atomic mass is 10.2. The van der Waals surface area contributed by atoms with E-state index in [9.17, 15) is 0 Å². The molecule has 0 aliphatic carbocycles. The Kier molecular flexibility index (Phi) is 4.34. The van der Waals surface area contributed by atoms with Gasteiger partial charge in [-0.05, 0) is 25.5 Å². The van der Waals surface area contributed by atoms with Crippen molar-refractivity contribution in [2.75, 3.05) is 23.8 Å². The molecule has 0 aliphatic heterocycles. The van der Waals surface area contributed by atoms with E-state index in [0.29, 0.717) is 0 Å². The maximum absolute atomic E-state index is 4.44. The average Bonchev–Trinajstić information content (AvgIpc) is 2.47. The fourth-order valence-corrected chi connectivity index (χ4v) is 2.11. The first-order valence-corrected chi connectivity index (χ1v) is 6.64. The van der Waals surface area contributed by atoms with Crippen LogP contribution in [0, 0.1) is 0 Å². The van der Waals surface area contributed by atoms with Crippen LogP contribution in [-0.4, -0.2) is 23.6 Å². The second-order valence-corrected chi connectivity index (χ2v) is 4.30. The molecule has 100 valence electrons. The van der Waals surface area contributed by atoms with E-state index < -0.39 is 0 Å². The number of hydrogen-bond donors (Lipinski definition) is 1. The van der Waals surface area contributed by atoms with Crippen molar-refractivity contribution < 1.29 is 0 Å². The first kappa shape index (κ1) is 13.3. The summed E-state index contributed by atoms with van der Waals surface area (Å²) < 4.78 is 0. The summed E-state index contributed by atoms with van der Waals surface area (Å²) in [4.78, 5) is 10.9. The maximum atomic E-state index is 4.44. The van der Waals surface area contributed by atoms with E-state index in [0.717, 1.165) is 35.9 Å². The van der Waals surface area contributed by atoms with Crippen LogP contribution in [0.5, 0.6) is 0 Å². The Bertz CT molecular complexity index is 525. The van der Waals surface area contributed by atoms with Crippen LogP contribution in [-0.2, 0) is 6.42 Å². The van der Waals surface area contributed by atoms with Crippen molar-refractivity contribution in [3.8, 4) is 0 Å². The van der Waals surface area contributed by atoms with Gasteiger partial charge in [0, 0.05) is 24.8 Å². The summed E-state index contributed by atoms with van der Waals surface area (Å²) in [5, 5.41) is 3.30. The van der Waals surface area contributed by atoms with Gasteiger partial charge in [-0.1, -0.05) is 25.1 Å². The monoisotopic (exact) mass is 256 g/mol. The molecule has 0 bridgehead atoms. The van der Waals surface area contributed by atoms with Crippen molar-refractivity contribution in [2.45, 2.75) is 20.3 Å². The molecule has 0 saturated heterocycles. The molecular formula is C15H20N4. The van der Waals surface area contributed by atoms with E-state index in [4.69, 9.17) is 0 Å².